The summed E-state index contributed by atoms with van der Waals surface area (Å²) in [6.07, 6.45) is 3.91. The Morgan fingerprint density at radius 2 is 2.04 bits per heavy atom. The van der Waals surface area contributed by atoms with Crippen LogP contribution < -0.4 is 5.32 Å². The number of sulfonamides is 1. The van der Waals surface area contributed by atoms with Crippen LogP contribution in [0.1, 0.15) is 31.4 Å². The molecule has 8 heteroatoms. The summed E-state index contributed by atoms with van der Waals surface area (Å²) in [5, 5.41) is 2.91. The lowest BCUT2D eigenvalue weighted by atomic mass is 10.4. The Morgan fingerprint density at radius 3 is 2.70 bits per heavy atom. The summed E-state index contributed by atoms with van der Waals surface area (Å²) in [5.74, 6) is 0.538. The van der Waals surface area contributed by atoms with E-state index in [9.17, 15) is 13.2 Å². The van der Waals surface area contributed by atoms with Gasteiger partial charge in [-0.15, -0.1) is 0 Å². The first-order chi connectivity index (χ1) is 10.9. The maximum Gasteiger partial charge on any atom is 0.276 e. The monoisotopic (exact) mass is 341 g/mol. The third-order valence-corrected chi connectivity index (χ3v) is 5.85. The number of nitrogens with one attached hydrogen (secondary N) is 1. The summed E-state index contributed by atoms with van der Waals surface area (Å²) >= 11 is 0. The molecule has 1 saturated heterocycles. The van der Waals surface area contributed by atoms with Crippen molar-refractivity contribution >= 4 is 15.9 Å². The van der Waals surface area contributed by atoms with Crippen LogP contribution in [0.2, 0.25) is 0 Å². The minimum atomic E-state index is -3.52. The molecule has 0 spiro atoms. The Morgan fingerprint density at radius 1 is 1.35 bits per heavy atom. The molecule has 0 unspecified atom stereocenters. The van der Waals surface area contributed by atoms with Crippen molar-refractivity contribution in [3.05, 3.63) is 17.9 Å². The standard InChI is InChI=1S/C15H23N3O4S/c1-17(11-14(19)16-12-4-5-12)10-13-6-7-15(22-13)23(20,21)18-8-2-3-9-18/h6-7,12H,2-5,8-11H2,1H3,(H,16,19). The molecule has 7 nitrogen and oxygen atoms in total. The molecule has 0 aromatic carbocycles. The predicted molar refractivity (Wildman–Crippen MR) is 84.2 cm³/mol. The summed E-state index contributed by atoms with van der Waals surface area (Å²) in [6.45, 7) is 1.78. The van der Waals surface area contributed by atoms with Crippen molar-refractivity contribution in [1.82, 2.24) is 14.5 Å². The van der Waals surface area contributed by atoms with Crippen LogP contribution in [0.25, 0.3) is 0 Å². The van der Waals surface area contributed by atoms with Crippen molar-refractivity contribution in [3.63, 3.8) is 0 Å². The number of carbonyl (C=O) groups excluding carboxylic acids is 1. The normalized spacial score (nSPS) is 19.4. The van der Waals surface area contributed by atoms with E-state index in [2.05, 4.69) is 5.32 Å². The van der Waals surface area contributed by atoms with E-state index in [-0.39, 0.29) is 17.5 Å². The van der Waals surface area contributed by atoms with E-state index in [1.165, 1.54) is 10.4 Å². The maximum absolute atomic E-state index is 12.4. The Balaban J connectivity index is 1.56. The molecule has 1 aliphatic carbocycles. The molecule has 1 aromatic heterocycles. The van der Waals surface area contributed by atoms with Gasteiger partial charge in [0, 0.05) is 19.1 Å². The molecule has 128 valence electrons. The molecular weight excluding hydrogens is 318 g/mol. The van der Waals surface area contributed by atoms with E-state index in [0.29, 0.717) is 31.4 Å². The molecule has 0 atom stereocenters. The van der Waals surface area contributed by atoms with Gasteiger partial charge in [-0.05, 0) is 44.9 Å². The Bertz CT molecular complexity index is 660. The number of hydrogen-bond donors (Lipinski definition) is 1. The van der Waals surface area contributed by atoms with E-state index in [1.54, 1.807) is 6.07 Å². The van der Waals surface area contributed by atoms with Crippen LogP contribution in [-0.2, 0) is 21.4 Å². The third-order valence-electron chi connectivity index (χ3n) is 4.08. The van der Waals surface area contributed by atoms with Crippen LogP contribution in [-0.4, -0.2) is 56.3 Å². The lowest BCUT2D eigenvalue weighted by Crippen LogP contribution is -2.35. The van der Waals surface area contributed by atoms with Gasteiger partial charge in [0.05, 0.1) is 13.1 Å². The van der Waals surface area contributed by atoms with Gasteiger partial charge in [-0.3, -0.25) is 9.69 Å². The van der Waals surface area contributed by atoms with E-state index >= 15 is 0 Å². The van der Waals surface area contributed by atoms with Crippen LogP contribution in [0, 0.1) is 0 Å². The third kappa shape index (κ3) is 4.13. The first-order valence-corrected chi connectivity index (χ1v) is 9.46. The minimum Gasteiger partial charge on any atom is -0.447 e. The van der Waals surface area contributed by atoms with Gasteiger partial charge in [0.25, 0.3) is 10.0 Å². The highest BCUT2D eigenvalue weighted by atomic mass is 32.2. The van der Waals surface area contributed by atoms with Gasteiger partial charge in [0.15, 0.2) is 0 Å². The highest BCUT2D eigenvalue weighted by Crippen LogP contribution is 2.23. The molecule has 1 N–H and O–H groups in total. The van der Waals surface area contributed by atoms with E-state index in [4.69, 9.17) is 4.42 Å². The van der Waals surface area contributed by atoms with Crippen LogP contribution in [0.4, 0.5) is 0 Å². The fraction of sp³-hybridized carbons (Fsp3) is 0.667. The zero-order valence-electron chi connectivity index (χ0n) is 13.3. The van der Waals surface area contributed by atoms with E-state index < -0.39 is 10.0 Å². The summed E-state index contributed by atoms with van der Waals surface area (Å²) in [6, 6.07) is 3.51. The van der Waals surface area contributed by atoms with Crippen LogP contribution in [0.3, 0.4) is 0 Å². The first kappa shape index (κ1) is 16.5. The number of carbonyl (C=O) groups is 1. The maximum atomic E-state index is 12.4. The lowest BCUT2D eigenvalue weighted by molar-refractivity contribution is -0.122. The van der Waals surface area contributed by atoms with Gasteiger partial charge in [-0.1, -0.05) is 0 Å². The SMILES string of the molecule is CN(CC(=O)NC1CC1)Cc1ccc(S(=O)(=O)N2CCCC2)o1. The number of furan rings is 1. The van der Waals surface area contributed by atoms with Crippen molar-refractivity contribution in [2.45, 2.75) is 43.4 Å². The molecule has 3 rings (SSSR count). The van der Waals surface area contributed by atoms with Crippen molar-refractivity contribution in [2.24, 2.45) is 0 Å². The number of amides is 1. The summed E-state index contributed by atoms with van der Waals surface area (Å²) in [4.78, 5) is 13.6. The second kappa shape index (κ2) is 6.62. The average molecular weight is 341 g/mol. The predicted octanol–water partition coefficient (Wildman–Crippen LogP) is 0.774. The van der Waals surface area contributed by atoms with E-state index in [1.807, 2.05) is 11.9 Å². The molecule has 2 fully saturated rings. The molecule has 2 heterocycles. The van der Waals surface area contributed by atoms with Gasteiger partial charge in [-0.25, -0.2) is 8.42 Å². The van der Waals surface area contributed by atoms with Crippen molar-refractivity contribution in [3.8, 4) is 0 Å². The molecule has 2 aliphatic rings. The Labute approximate surface area is 136 Å². The molecule has 1 aliphatic heterocycles. The largest absolute Gasteiger partial charge is 0.447 e. The minimum absolute atomic E-state index is 0.00790. The van der Waals surface area contributed by atoms with Crippen molar-refractivity contribution in [2.75, 3.05) is 26.7 Å². The van der Waals surface area contributed by atoms with Crippen LogP contribution in [0.15, 0.2) is 21.6 Å². The molecule has 1 saturated carbocycles. The van der Waals surface area contributed by atoms with Gasteiger partial charge >= 0.3 is 0 Å². The second-order valence-corrected chi connectivity index (χ2v) is 8.21. The number of hydrogen-bond acceptors (Lipinski definition) is 5. The van der Waals surface area contributed by atoms with Gasteiger partial charge in [-0.2, -0.15) is 4.31 Å². The van der Waals surface area contributed by atoms with Gasteiger partial charge < -0.3 is 9.73 Å². The van der Waals surface area contributed by atoms with E-state index in [0.717, 1.165) is 25.7 Å². The fourth-order valence-corrected chi connectivity index (χ4v) is 4.15. The molecule has 0 radical (unpaired) electrons. The molecular formula is C15H23N3O4S. The molecule has 1 amide bonds. The highest BCUT2D eigenvalue weighted by Gasteiger charge is 2.30. The molecule has 23 heavy (non-hydrogen) atoms. The van der Waals surface area contributed by atoms with Gasteiger partial charge in [0.1, 0.15) is 5.76 Å². The molecule has 1 aromatic rings. The van der Waals surface area contributed by atoms with Gasteiger partial charge in [0.2, 0.25) is 11.0 Å². The smallest absolute Gasteiger partial charge is 0.276 e. The van der Waals surface area contributed by atoms with Crippen LogP contribution >= 0.6 is 0 Å². The summed E-state index contributed by atoms with van der Waals surface area (Å²) in [5.41, 5.74) is 0. The van der Waals surface area contributed by atoms with Crippen molar-refractivity contribution in [1.29, 1.82) is 0 Å². The average Bonchev–Trinajstić information content (AvgIpc) is 2.95. The number of nitrogens with zero attached hydrogens (tertiary/aromatic N) is 2. The highest BCUT2D eigenvalue weighted by molar-refractivity contribution is 7.89. The Hall–Kier alpha value is -1.38. The quantitative estimate of drug-likeness (QED) is 0.792. The Kier molecular flexibility index (Phi) is 4.74. The second-order valence-electron chi connectivity index (χ2n) is 6.35. The van der Waals surface area contributed by atoms with Crippen molar-refractivity contribution < 1.29 is 17.6 Å². The molecule has 0 bridgehead atoms. The zero-order valence-corrected chi connectivity index (χ0v) is 14.1. The number of likely N-dealkylation sites (N-methyl/N-ethyl adjacent to an activating group) is 1. The topological polar surface area (TPSA) is 82.9 Å². The lowest BCUT2D eigenvalue weighted by Gasteiger charge is -2.15. The number of rotatable bonds is 7. The summed E-state index contributed by atoms with van der Waals surface area (Å²) in [7, 11) is -1.71. The van der Waals surface area contributed by atoms with Crippen LogP contribution in [0.5, 0.6) is 0 Å². The fourth-order valence-electron chi connectivity index (χ4n) is 2.71. The first-order valence-electron chi connectivity index (χ1n) is 8.02. The zero-order chi connectivity index (χ0) is 16.4. The summed E-state index contributed by atoms with van der Waals surface area (Å²) < 4.78 is 31.8.